The Bertz CT molecular complexity index is 338. The van der Waals surface area contributed by atoms with Gasteiger partial charge in [-0.1, -0.05) is 6.58 Å². The highest BCUT2D eigenvalue weighted by Gasteiger charge is 2.25. The van der Waals surface area contributed by atoms with Crippen molar-refractivity contribution in [2.45, 2.75) is 6.92 Å². The predicted molar refractivity (Wildman–Crippen MR) is 58.1 cm³/mol. The van der Waals surface area contributed by atoms with Crippen LogP contribution < -0.4 is 0 Å². The molecule has 8 heteroatoms. The van der Waals surface area contributed by atoms with E-state index >= 15 is 0 Å². The Morgan fingerprint density at radius 3 is 1.81 bits per heavy atom. The van der Waals surface area contributed by atoms with Crippen molar-refractivity contribution in [3.8, 4) is 0 Å². The lowest BCUT2D eigenvalue weighted by atomic mass is 10.3. The van der Waals surface area contributed by atoms with E-state index in [1.165, 1.54) is 0 Å². The highest BCUT2D eigenvalue weighted by molar-refractivity contribution is 7.79. The summed E-state index contributed by atoms with van der Waals surface area (Å²) in [6.07, 6.45) is 0. The number of hydrogen-bond donors (Lipinski definition) is 3. The summed E-state index contributed by atoms with van der Waals surface area (Å²) in [6.45, 7) is 5.69. The van der Waals surface area contributed by atoms with Gasteiger partial charge in [-0.05, 0) is 6.92 Å². The third-order valence-corrected chi connectivity index (χ3v) is 1.57. The summed E-state index contributed by atoms with van der Waals surface area (Å²) in [6, 6.07) is 0. The van der Waals surface area contributed by atoms with Crippen molar-refractivity contribution in [1.82, 2.24) is 0 Å². The Morgan fingerprint density at radius 1 is 1.31 bits per heavy atom. The van der Waals surface area contributed by atoms with Crippen LogP contribution in [0.4, 0.5) is 0 Å². The van der Waals surface area contributed by atoms with Gasteiger partial charge in [-0.2, -0.15) is 8.42 Å². The lowest BCUT2D eigenvalue weighted by Gasteiger charge is -2.25. The van der Waals surface area contributed by atoms with Gasteiger partial charge in [-0.25, -0.2) is 4.79 Å². The average molecular weight is 256 g/mol. The molecule has 0 fully saturated rings. The van der Waals surface area contributed by atoms with E-state index in [0.717, 1.165) is 0 Å². The van der Waals surface area contributed by atoms with E-state index in [1.54, 1.807) is 21.0 Å². The molecule has 0 spiro atoms. The van der Waals surface area contributed by atoms with Gasteiger partial charge in [-0.3, -0.25) is 13.6 Å². The maximum Gasteiger partial charge on any atom is 0.394 e. The minimum absolute atomic E-state index is 0.0199. The van der Waals surface area contributed by atoms with Crippen LogP contribution in [0.1, 0.15) is 6.92 Å². The Labute approximate surface area is 95.2 Å². The summed E-state index contributed by atoms with van der Waals surface area (Å²) in [5.41, 5.74) is 0.531. The first-order chi connectivity index (χ1) is 6.91. The van der Waals surface area contributed by atoms with Gasteiger partial charge in [-0.15, -0.1) is 0 Å². The number of rotatable bonds is 3. The second kappa shape index (κ2) is 6.71. The first-order valence-corrected chi connectivity index (χ1v) is 5.65. The summed E-state index contributed by atoms with van der Waals surface area (Å²) in [7, 11) is -1.15. The standard InChI is InChI=1S/C8H16NO2.H2O4S/c1-7(2)8(11)9(3,4)5-6-10;1-5(2,3)4/h10H,1,5-6H2,2-4H3;(H2,1,2,3,4)/q+1;. The molecule has 0 saturated carbocycles. The third-order valence-electron chi connectivity index (χ3n) is 1.57. The summed E-state index contributed by atoms with van der Waals surface area (Å²) in [5.74, 6) is -0.0287. The lowest BCUT2D eigenvalue weighted by molar-refractivity contribution is -0.812. The Kier molecular flexibility index (Phi) is 7.38. The van der Waals surface area contributed by atoms with Crippen molar-refractivity contribution < 1.29 is 31.9 Å². The molecule has 0 bridgehead atoms. The number of amides is 1. The lowest BCUT2D eigenvalue weighted by Crippen LogP contribution is -2.47. The van der Waals surface area contributed by atoms with Gasteiger partial charge in [0.25, 0.3) is 0 Å². The molecule has 0 aromatic rings. The summed E-state index contributed by atoms with van der Waals surface area (Å²) in [5, 5.41) is 8.64. The number of carbonyl (C=O) groups excluding carboxylic acids is 1. The fraction of sp³-hybridized carbons (Fsp3) is 0.625. The van der Waals surface area contributed by atoms with E-state index < -0.39 is 10.4 Å². The fourth-order valence-corrected chi connectivity index (χ4v) is 0.868. The predicted octanol–water partition coefficient (Wildman–Crippen LogP) is -0.495. The molecular weight excluding hydrogens is 238 g/mol. The molecule has 0 aliphatic heterocycles. The zero-order valence-corrected chi connectivity index (χ0v) is 10.4. The number of nitrogens with zero attached hydrogens (tertiary/aromatic N) is 1. The minimum atomic E-state index is -4.67. The molecule has 0 aliphatic carbocycles. The Morgan fingerprint density at radius 2 is 1.62 bits per heavy atom. The summed E-state index contributed by atoms with van der Waals surface area (Å²) < 4.78 is 31.8. The zero-order chi connectivity index (χ0) is 13.6. The molecule has 0 rings (SSSR count). The van der Waals surface area contributed by atoms with Gasteiger partial charge in [0.1, 0.15) is 6.54 Å². The van der Waals surface area contributed by atoms with Crippen LogP contribution in [0.2, 0.25) is 0 Å². The van der Waals surface area contributed by atoms with Crippen molar-refractivity contribution >= 4 is 16.3 Å². The molecule has 0 atom stereocenters. The molecule has 0 unspecified atom stereocenters. The summed E-state index contributed by atoms with van der Waals surface area (Å²) >= 11 is 0. The molecule has 16 heavy (non-hydrogen) atoms. The highest BCUT2D eigenvalue weighted by atomic mass is 32.3. The minimum Gasteiger partial charge on any atom is -0.390 e. The third kappa shape index (κ3) is 11.3. The molecule has 0 aromatic heterocycles. The van der Waals surface area contributed by atoms with E-state index in [4.69, 9.17) is 22.6 Å². The number of aliphatic hydroxyl groups excluding tert-OH is 1. The van der Waals surface area contributed by atoms with Crippen molar-refractivity contribution in [3.63, 3.8) is 0 Å². The van der Waals surface area contributed by atoms with Gasteiger partial charge in [0.15, 0.2) is 0 Å². The average Bonchev–Trinajstić information content (AvgIpc) is 1.99. The van der Waals surface area contributed by atoms with E-state index in [0.29, 0.717) is 12.1 Å². The van der Waals surface area contributed by atoms with Gasteiger partial charge in [0.05, 0.1) is 20.7 Å². The van der Waals surface area contributed by atoms with Crippen LogP contribution in [0.3, 0.4) is 0 Å². The maximum atomic E-state index is 11.3. The van der Waals surface area contributed by atoms with Gasteiger partial charge in [0.2, 0.25) is 0 Å². The van der Waals surface area contributed by atoms with Crippen LogP contribution in [0.5, 0.6) is 0 Å². The SMILES string of the molecule is C=C(C)C(=O)[N+](C)(C)CCO.O=S(=O)(O)O. The Hall–Kier alpha value is -0.800. The van der Waals surface area contributed by atoms with E-state index in [2.05, 4.69) is 6.58 Å². The maximum absolute atomic E-state index is 11.3. The van der Waals surface area contributed by atoms with E-state index in [1.807, 2.05) is 0 Å². The molecular formula is C8H18NO6S+. The van der Waals surface area contributed by atoms with Crippen LogP contribution in [0.25, 0.3) is 0 Å². The van der Waals surface area contributed by atoms with Gasteiger partial charge < -0.3 is 5.11 Å². The second-order valence-electron chi connectivity index (χ2n) is 3.67. The molecule has 0 heterocycles. The number of likely N-dealkylation sites (N-methyl/N-ethyl adjacent to an activating group) is 1. The summed E-state index contributed by atoms with van der Waals surface area (Å²) in [4.78, 5) is 11.3. The topological polar surface area (TPSA) is 112 Å². The quantitative estimate of drug-likeness (QED) is 0.357. The van der Waals surface area contributed by atoms with Crippen LogP contribution in [-0.4, -0.2) is 60.3 Å². The number of carbonyl (C=O) groups is 1. The van der Waals surface area contributed by atoms with Crippen LogP contribution in [0.15, 0.2) is 12.2 Å². The van der Waals surface area contributed by atoms with Crippen molar-refractivity contribution in [2.75, 3.05) is 27.2 Å². The van der Waals surface area contributed by atoms with Gasteiger partial charge >= 0.3 is 16.3 Å². The highest BCUT2D eigenvalue weighted by Crippen LogP contribution is 2.03. The molecule has 0 saturated heterocycles. The van der Waals surface area contributed by atoms with Crippen molar-refractivity contribution in [1.29, 1.82) is 0 Å². The number of hydrogen-bond acceptors (Lipinski definition) is 4. The monoisotopic (exact) mass is 256 g/mol. The normalized spacial score (nSPS) is 11.4. The molecule has 1 amide bonds. The largest absolute Gasteiger partial charge is 0.394 e. The van der Waals surface area contributed by atoms with Crippen LogP contribution in [-0.2, 0) is 15.2 Å². The number of quaternary nitrogens is 1. The van der Waals surface area contributed by atoms with Crippen LogP contribution in [0, 0.1) is 0 Å². The fourth-order valence-electron chi connectivity index (χ4n) is 0.868. The molecule has 96 valence electrons. The molecule has 0 aliphatic rings. The second-order valence-corrected chi connectivity index (χ2v) is 4.56. The molecule has 0 radical (unpaired) electrons. The Balaban J connectivity index is 0. The first kappa shape index (κ1) is 17.6. The van der Waals surface area contributed by atoms with E-state index in [-0.39, 0.29) is 17.0 Å². The van der Waals surface area contributed by atoms with E-state index in [9.17, 15) is 4.79 Å². The zero-order valence-electron chi connectivity index (χ0n) is 9.54. The molecule has 7 nitrogen and oxygen atoms in total. The molecule has 3 N–H and O–H groups in total. The first-order valence-electron chi connectivity index (χ1n) is 4.26. The van der Waals surface area contributed by atoms with Gasteiger partial charge in [0, 0.05) is 5.57 Å². The number of aliphatic hydroxyl groups is 1. The smallest absolute Gasteiger partial charge is 0.390 e. The van der Waals surface area contributed by atoms with Crippen LogP contribution >= 0.6 is 0 Å². The van der Waals surface area contributed by atoms with Crippen molar-refractivity contribution in [3.05, 3.63) is 12.2 Å². The van der Waals surface area contributed by atoms with Crippen molar-refractivity contribution in [2.24, 2.45) is 0 Å². The molecule has 0 aromatic carbocycles.